The maximum Gasteiger partial charge on any atom is 1.00 e. The average Bonchev–Trinajstić information content (AvgIpc) is 2.14. The first-order chi connectivity index (χ1) is 6.43. The Morgan fingerprint density at radius 2 is 1.38 bits per heavy atom. The number of carbonyl (C=O) groups excluding carboxylic acids is 3. The van der Waals surface area contributed by atoms with E-state index in [2.05, 4.69) is 11.3 Å². The summed E-state index contributed by atoms with van der Waals surface area (Å²) in [5.74, 6) is -3.49. The molecule has 0 rings (SSSR count). The fourth-order valence-electron chi connectivity index (χ4n) is 0.219. The molecule has 0 aliphatic rings. The molecule has 0 fully saturated rings. The van der Waals surface area contributed by atoms with Crippen molar-refractivity contribution in [1.29, 1.82) is 0 Å². The monoisotopic (exact) mass is 278 g/mol. The first-order valence-corrected chi connectivity index (χ1v) is 3.24. The van der Waals surface area contributed by atoms with E-state index in [1.807, 2.05) is 0 Å². The molecule has 6 nitrogen and oxygen atoms in total. The van der Waals surface area contributed by atoms with Crippen molar-refractivity contribution in [3.05, 3.63) is 24.8 Å². The van der Waals surface area contributed by atoms with Gasteiger partial charge in [-0.2, -0.15) is 0 Å². The third kappa shape index (κ3) is 29.4. The largest absolute Gasteiger partial charge is 1.00 e. The molecule has 0 saturated heterocycles. The van der Waals surface area contributed by atoms with Gasteiger partial charge < -0.3 is 24.5 Å². The molecule has 78 valence electrons. The summed E-state index contributed by atoms with van der Waals surface area (Å²) in [7, 11) is 1.31. The first-order valence-electron chi connectivity index (χ1n) is 3.24. The van der Waals surface area contributed by atoms with Crippen molar-refractivity contribution in [3.63, 3.8) is 0 Å². The van der Waals surface area contributed by atoms with E-state index in [0.717, 1.165) is 6.08 Å². The van der Waals surface area contributed by atoms with Gasteiger partial charge >= 0.3 is 109 Å². The van der Waals surface area contributed by atoms with Crippen molar-refractivity contribution in [1.82, 2.24) is 0 Å². The normalized spacial score (nSPS) is 7.31. The smallest absolute Gasteiger partial charge is 0.545 e. The molecule has 0 atom stereocenters. The Kier molecular flexibility index (Phi) is 30.0. The number of rotatable bonds is 3. The second-order valence-electron chi connectivity index (χ2n) is 1.70. The number of methoxy groups -OCH3 is 1. The summed E-state index contributed by atoms with van der Waals surface area (Å²) in [4.78, 5) is 28.7. The van der Waals surface area contributed by atoms with Crippen molar-refractivity contribution in [2.45, 2.75) is 0 Å². The van der Waals surface area contributed by atoms with E-state index in [1.165, 1.54) is 7.11 Å². The summed E-state index contributed by atoms with van der Waals surface area (Å²) in [6, 6.07) is 0. The molecule has 0 amide bonds. The number of aliphatic carboxylic acids is 2. The zero-order valence-electron chi connectivity index (χ0n) is 9.39. The van der Waals surface area contributed by atoms with Gasteiger partial charge in [0.15, 0.2) is 0 Å². The van der Waals surface area contributed by atoms with E-state index in [4.69, 9.17) is 0 Å². The fraction of sp³-hybridized carbons (Fsp3) is 0.125. The van der Waals surface area contributed by atoms with Crippen LogP contribution < -0.4 is 113 Å². The second-order valence-corrected chi connectivity index (χ2v) is 1.70. The summed E-state index contributed by atoms with van der Waals surface area (Å²) in [6.07, 6.45) is 1.88. The predicted molar refractivity (Wildman–Crippen MR) is 41.4 cm³/mol. The topological polar surface area (TPSA) is 107 Å². The molecule has 0 aromatic heterocycles. The summed E-state index contributed by atoms with van der Waals surface area (Å²) >= 11 is 0. The number of ether oxygens (including phenoxy) is 1. The number of hydrogen-bond donors (Lipinski definition) is 0. The van der Waals surface area contributed by atoms with Crippen LogP contribution in [0, 0.1) is 0 Å². The van der Waals surface area contributed by atoms with Crippen LogP contribution in [0.25, 0.3) is 0 Å². The van der Waals surface area contributed by atoms with Gasteiger partial charge in [0.25, 0.3) is 0 Å². The molecule has 8 heteroatoms. The van der Waals surface area contributed by atoms with Gasteiger partial charge in [-0.05, 0) is 12.2 Å². The summed E-state index contributed by atoms with van der Waals surface area (Å²) in [5, 5.41) is 18.8. The zero-order valence-corrected chi connectivity index (χ0v) is 15.6. The molecular weight excluding hydrogens is 270 g/mol. The molecule has 0 aliphatic heterocycles. The molecule has 0 saturated carbocycles. The van der Waals surface area contributed by atoms with Crippen molar-refractivity contribution < 1.29 is 132 Å². The number of carbonyl (C=O) groups is 3. The number of hydrogen-bond acceptors (Lipinski definition) is 6. The Bertz CT molecular complexity index is 245. The Morgan fingerprint density at radius 1 is 1.06 bits per heavy atom. The molecule has 16 heavy (non-hydrogen) atoms. The Balaban J connectivity index is -0.0000000825. The minimum absolute atomic E-state index is 0. The molecule has 0 N–H and O–H groups in total. The molecule has 0 spiro atoms. The minimum atomic E-state index is -1.55. The van der Waals surface area contributed by atoms with Crippen LogP contribution in [-0.4, -0.2) is 25.0 Å². The predicted octanol–water partition coefficient (Wildman–Crippen LogP) is -8.60. The molecular formula is C8H8K2O6. The van der Waals surface area contributed by atoms with Crippen LogP contribution in [0.5, 0.6) is 0 Å². The molecule has 0 aliphatic carbocycles. The Morgan fingerprint density at radius 3 is 1.44 bits per heavy atom. The quantitative estimate of drug-likeness (QED) is 0.288. The van der Waals surface area contributed by atoms with Crippen molar-refractivity contribution in [2.24, 2.45) is 0 Å². The van der Waals surface area contributed by atoms with E-state index in [-0.39, 0.29) is 103 Å². The van der Waals surface area contributed by atoms with Gasteiger partial charge in [0.2, 0.25) is 0 Å². The summed E-state index contributed by atoms with van der Waals surface area (Å²) in [6.45, 7) is 3.16. The van der Waals surface area contributed by atoms with Crippen LogP contribution in [0.1, 0.15) is 0 Å². The van der Waals surface area contributed by atoms with Gasteiger partial charge in [-0.3, -0.25) is 0 Å². The van der Waals surface area contributed by atoms with Crippen molar-refractivity contribution in [2.75, 3.05) is 7.11 Å². The average molecular weight is 278 g/mol. The van der Waals surface area contributed by atoms with Crippen LogP contribution in [0.2, 0.25) is 0 Å². The van der Waals surface area contributed by atoms with E-state index in [9.17, 15) is 24.6 Å². The number of carboxylic acid groups (broad SMARTS) is 2. The third-order valence-electron chi connectivity index (χ3n) is 0.723. The van der Waals surface area contributed by atoms with Crippen LogP contribution in [0.3, 0.4) is 0 Å². The van der Waals surface area contributed by atoms with Crippen LogP contribution in [-0.2, 0) is 19.1 Å². The number of carboxylic acids is 2. The van der Waals surface area contributed by atoms with Gasteiger partial charge in [-0.25, -0.2) is 4.79 Å². The van der Waals surface area contributed by atoms with E-state index in [1.54, 1.807) is 0 Å². The van der Waals surface area contributed by atoms with Crippen LogP contribution >= 0.6 is 0 Å². The SMILES string of the molecule is C=CC(=O)OC.O=C([O-])/C=C\C(=O)[O-].[K+].[K+]. The van der Waals surface area contributed by atoms with Gasteiger partial charge in [-0.1, -0.05) is 6.58 Å². The van der Waals surface area contributed by atoms with E-state index >= 15 is 0 Å². The first kappa shape index (κ1) is 25.9. The molecule has 0 aromatic rings. The van der Waals surface area contributed by atoms with Crippen LogP contribution in [0.4, 0.5) is 0 Å². The van der Waals surface area contributed by atoms with Gasteiger partial charge in [0.1, 0.15) is 0 Å². The van der Waals surface area contributed by atoms with Crippen molar-refractivity contribution >= 4 is 17.9 Å². The minimum Gasteiger partial charge on any atom is -0.545 e. The van der Waals surface area contributed by atoms with Crippen molar-refractivity contribution in [3.8, 4) is 0 Å². The fourth-order valence-corrected chi connectivity index (χ4v) is 0.219. The Labute approximate surface area is 178 Å². The molecule has 0 aromatic carbocycles. The third-order valence-corrected chi connectivity index (χ3v) is 0.723. The van der Waals surface area contributed by atoms with E-state index < -0.39 is 17.9 Å². The van der Waals surface area contributed by atoms with Crippen LogP contribution in [0.15, 0.2) is 24.8 Å². The Hall–Kier alpha value is 1.16. The second kappa shape index (κ2) is 18.5. The summed E-state index contributed by atoms with van der Waals surface area (Å²) in [5.41, 5.74) is 0. The maximum absolute atomic E-state index is 9.84. The maximum atomic E-state index is 9.84. The molecule has 0 unspecified atom stereocenters. The van der Waals surface area contributed by atoms with Gasteiger partial charge in [0, 0.05) is 6.08 Å². The standard InChI is InChI=1S/C4H4O4.C4H6O2.2K/c5-3(6)1-2-4(7)8;1-3-4(5)6-2;;/h1-2H,(H,5,6)(H,7,8);3H,1H2,2H3;;/q;;2*+1/p-2/b2-1-;;;. The summed E-state index contributed by atoms with van der Waals surface area (Å²) < 4.78 is 4.14. The molecule has 0 heterocycles. The molecule has 0 radical (unpaired) electrons. The number of esters is 1. The van der Waals surface area contributed by atoms with E-state index in [0.29, 0.717) is 12.2 Å². The zero-order chi connectivity index (χ0) is 11.6. The van der Waals surface area contributed by atoms with Gasteiger partial charge in [-0.15, -0.1) is 0 Å². The van der Waals surface area contributed by atoms with Gasteiger partial charge in [0.05, 0.1) is 19.0 Å². The molecule has 0 bridgehead atoms.